The summed E-state index contributed by atoms with van der Waals surface area (Å²) in [6, 6.07) is 5.55. The van der Waals surface area contributed by atoms with E-state index in [2.05, 4.69) is 27.6 Å². The average Bonchev–Trinajstić information content (AvgIpc) is 2.63. The van der Waals surface area contributed by atoms with E-state index in [-0.39, 0.29) is 5.89 Å². The van der Waals surface area contributed by atoms with Crippen molar-refractivity contribution in [2.24, 2.45) is 0 Å². The van der Waals surface area contributed by atoms with Crippen LogP contribution in [-0.2, 0) is 4.74 Å². The van der Waals surface area contributed by atoms with Crippen LogP contribution in [0.4, 0.5) is 0 Å². The number of fused-ring (bicyclic) bond motifs is 1. The van der Waals surface area contributed by atoms with Crippen LogP contribution in [-0.4, -0.2) is 17.6 Å². The van der Waals surface area contributed by atoms with Crippen molar-refractivity contribution in [1.29, 1.82) is 0 Å². The van der Waals surface area contributed by atoms with Crippen LogP contribution in [0.5, 0.6) is 0 Å². The van der Waals surface area contributed by atoms with Gasteiger partial charge in [0.2, 0.25) is 0 Å². The third-order valence-electron chi connectivity index (χ3n) is 1.82. The van der Waals surface area contributed by atoms with Crippen molar-refractivity contribution in [1.82, 2.24) is 4.98 Å². The van der Waals surface area contributed by atoms with Crippen molar-refractivity contribution in [3.05, 3.63) is 27.7 Å². The summed E-state index contributed by atoms with van der Waals surface area (Å²) in [5, 5.41) is 0. The minimum atomic E-state index is -0.524. The molecule has 0 aliphatic rings. The second-order valence-corrected chi connectivity index (χ2v) is 3.99. The molecule has 1 aromatic carbocycles. The molecule has 0 aliphatic heterocycles. The van der Waals surface area contributed by atoms with Crippen molar-refractivity contribution in [3.63, 3.8) is 0 Å². The molecule has 0 fully saturated rings. The fourth-order valence-electron chi connectivity index (χ4n) is 1.20. The maximum Gasteiger partial charge on any atom is 0.394 e. The van der Waals surface area contributed by atoms with E-state index >= 15 is 0 Å². The van der Waals surface area contributed by atoms with Gasteiger partial charge in [-0.1, -0.05) is 6.07 Å². The Hall–Kier alpha value is -1.11. The van der Waals surface area contributed by atoms with E-state index in [0.717, 1.165) is 3.57 Å². The summed E-state index contributed by atoms with van der Waals surface area (Å²) >= 11 is 2.13. The van der Waals surface area contributed by atoms with Crippen LogP contribution >= 0.6 is 22.6 Å². The first-order valence-electron chi connectivity index (χ1n) is 4.44. The van der Waals surface area contributed by atoms with Crippen LogP contribution in [0.2, 0.25) is 0 Å². The monoisotopic (exact) mass is 317 g/mol. The molecule has 0 atom stereocenters. The van der Waals surface area contributed by atoms with Gasteiger partial charge in [-0.2, -0.15) is 0 Å². The molecule has 78 valence electrons. The molecule has 4 nitrogen and oxygen atoms in total. The number of carbonyl (C=O) groups excluding carboxylic acids is 1. The van der Waals surface area contributed by atoms with Gasteiger partial charge in [-0.15, -0.1) is 0 Å². The first kappa shape index (κ1) is 10.4. The third-order valence-corrected chi connectivity index (χ3v) is 2.67. The molecule has 0 bridgehead atoms. The van der Waals surface area contributed by atoms with Gasteiger partial charge in [-0.05, 0) is 41.6 Å². The highest BCUT2D eigenvalue weighted by atomic mass is 127. The molecule has 15 heavy (non-hydrogen) atoms. The molecule has 0 unspecified atom stereocenters. The Balaban J connectivity index is 2.47. The maximum atomic E-state index is 11.3. The number of aromatic nitrogens is 1. The van der Waals surface area contributed by atoms with Crippen molar-refractivity contribution >= 4 is 39.7 Å². The summed E-state index contributed by atoms with van der Waals surface area (Å²) in [4.78, 5) is 15.4. The first-order valence-corrected chi connectivity index (χ1v) is 5.52. The van der Waals surface area contributed by atoms with Gasteiger partial charge >= 0.3 is 11.9 Å². The van der Waals surface area contributed by atoms with Crippen molar-refractivity contribution in [2.75, 3.05) is 6.61 Å². The van der Waals surface area contributed by atoms with Gasteiger partial charge in [0.1, 0.15) is 5.52 Å². The fourth-order valence-corrected chi connectivity index (χ4v) is 1.79. The Morgan fingerprint density at radius 3 is 3.07 bits per heavy atom. The number of para-hydroxylation sites is 1. The largest absolute Gasteiger partial charge is 0.459 e. The zero-order valence-electron chi connectivity index (χ0n) is 7.99. The quantitative estimate of drug-likeness (QED) is 0.631. The number of hydrogen-bond donors (Lipinski definition) is 0. The number of rotatable bonds is 2. The third kappa shape index (κ3) is 1.97. The molecule has 0 aliphatic carbocycles. The van der Waals surface area contributed by atoms with Crippen LogP contribution in [0.3, 0.4) is 0 Å². The van der Waals surface area contributed by atoms with Crippen LogP contribution < -0.4 is 0 Å². The molecular weight excluding hydrogens is 309 g/mol. The number of oxazole rings is 1. The minimum Gasteiger partial charge on any atom is -0.459 e. The van der Waals surface area contributed by atoms with E-state index in [0.29, 0.717) is 17.7 Å². The summed E-state index contributed by atoms with van der Waals surface area (Å²) in [5.74, 6) is -0.513. The Bertz CT molecular complexity index is 506. The number of halogens is 1. The molecular formula is C10H8INO3. The molecule has 0 N–H and O–H groups in total. The fraction of sp³-hybridized carbons (Fsp3) is 0.200. The molecule has 1 heterocycles. The molecule has 0 saturated carbocycles. The van der Waals surface area contributed by atoms with E-state index in [9.17, 15) is 4.79 Å². The normalized spacial score (nSPS) is 10.5. The molecule has 1 aromatic heterocycles. The summed E-state index contributed by atoms with van der Waals surface area (Å²) in [6.07, 6.45) is 0. The van der Waals surface area contributed by atoms with Gasteiger partial charge in [0, 0.05) is 0 Å². The molecule has 0 spiro atoms. The van der Waals surface area contributed by atoms with Crippen LogP contribution in [0.25, 0.3) is 11.1 Å². The summed E-state index contributed by atoms with van der Waals surface area (Å²) in [6.45, 7) is 2.05. The summed E-state index contributed by atoms with van der Waals surface area (Å²) < 4.78 is 11.0. The number of ether oxygens (including phenoxy) is 1. The first-order chi connectivity index (χ1) is 7.22. The van der Waals surface area contributed by atoms with Gasteiger partial charge in [-0.3, -0.25) is 0 Å². The second kappa shape index (κ2) is 4.18. The Kier molecular flexibility index (Phi) is 2.90. The zero-order chi connectivity index (χ0) is 10.8. The number of nitrogens with zero attached hydrogens (tertiary/aromatic N) is 1. The topological polar surface area (TPSA) is 52.3 Å². The molecule has 0 amide bonds. The summed E-state index contributed by atoms with van der Waals surface area (Å²) in [5.41, 5.74) is 1.30. The smallest absolute Gasteiger partial charge is 0.394 e. The molecule has 5 heteroatoms. The molecule has 2 rings (SSSR count). The van der Waals surface area contributed by atoms with Gasteiger partial charge < -0.3 is 9.15 Å². The standard InChI is InChI=1S/C10H8INO3/c1-2-14-10(13)9-12-7-5-3-4-6(11)8(7)15-9/h3-5H,2H2,1H3. The minimum absolute atomic E-state index is 0.0102. The van der Waals surface area contributed by atoms with Crippen LogP contribution in [0.1, 0.15) is 17.6 Å². The highest BCUT2D eigenvalue weighted by Gasteiger charge is 2.16. The van der Waals surface area contributed by atoms with E-state index in [1.807, 2.05) is 12.1 Å². The summed E-state index contributed by atoms with van der Waals surface area (Å²) in [7, 11) is 0. The van der Waals surface area contributed by atoms with Gasteiger partial charge in [-0.25, -0.2) is 9.78 Å². The maximum absolute atomic E-state index is 11.3. The van der Waals surface area contributed by atoms with E-state index < -0.39 is 5.97 Å². The van der Waals surface area contributed by atoms with Gasteiger partial charge in [0.15, 0.2) is 5.58 Å². The van der Waals surface area contributed by atoms with Gasteiger partial charge in [0.05, 0.1) is 10.2 Å². The lowest BCUT2D eigenvalue weighted by atomic mass is 10.3. The van der Waals surface area contributed by atoms with Gasteiger partial charge in [0.25, 0.3) is 0 Å². The Labute approximate surface area is 99.8 Å². The molecule has 2 aromatic rings. The highest BCUT2D eigenvalue weighted by Crippen LogP contribution is 2.21. The van der Waals surface area contributed by atoms with E-state index in [1.54, 1.807) is 13.0 Å². The number of benzene rings is 1. The van der Waals surface area contributed by atoms with Crippen molar-refractivity contribution < 1.29 is 13.9 Å². The Morgan fingerprint density at radius 2 is 2.40 bits per heavy atom. The number of esters is 1. The van der Waals surface area contributed by atoms with Crippen LogP contribution in [0.15, 0.2) is 22.6 Å². The number of carbonyl (C=O) groups is 1. The lowest BCUT2D eigenvalue weighted by Gasteiger charge is -1.94. The van der Waals surface area contributed by atoms with Crippen molar-refractivity contribution in [2.45, 2.75) is 6.92 Å². The zero-order valence-corrected chi connectivity index (χ0v) is 10.1. The number of hydrogen-bond acceptors (Lipinski definition) is 4. The predicted octanol–water partition coefficient (Wildman–Crippen LogP) is 2.61. The SMILES string of the molecule is CCOC(=O)c1nc2cccc(I)c2o1. The molecule has 0 radical (unpaired) electrons. The Morgan fingerprint density at radius 1 is 1.60 bits per heavy atom. The second-order valence-electron chi connectivity index (χ2n) is 2.83. The average molecular weight is 317 g/mol. The highest BCUT2D eigenvalue weighted by molar-refractivity contribution is 14.1. The predicted molar refractivity (Wildman–Crippen MR) is 62.7 cm³/mol. The lowest BCUT2D eigenvalue weighted by Crippen LogP contribution is -2.04. The van der Waals surface area contributed by atoms with E-state index in [1.165, 1.54) is 0 Å². The van der Waals surface area contributed by atoms with E-state index in [4.69, 9.17) is 9.15 Å². The van der Waals surface area contributed by atoms with Crippen LogP contribution in [0, 0.1) is 3.57 Å². The lowest BCUT2D eigenvalue weighted by molar-refractivity contribution is 0.0483. The molecule has 0 saturated heterocycles. The van der Waals surface area contributed by atoms with Crippen molar-refractivity contribution in [3.8, 4) is 0 Å².